The molecule has 2 aromatic carbocycles. The van der Waals surface area contributed by atoms with Crippen LogP contribution in [-0.4, -0.2) is 48.9 Å². The maximum atomic E-state index is 13.8. The van der Waals surface area contributed by atoms with Crippen molar-refractivity contribution in [1.29, 1.82) is 0 Å². The smallest absolute Gasteiger partial charge is 0.253 e. The van der Waals surface area contributed by atoms with Crippen molar-refractivity contribution in [2.45, 2.75) is 33.1 Å². The zero-order valence-corrected chi connectivity index (χ0v) is 17.2. The summed E-state index contributed by atoms with van der Waals surface area (Å²) in [7, 11) is 1.91. The monoisotopic (exact) mass is 382 g/mol. The van der Waals surface area contributed by atoms with Gasteiger partial charge in [-0.15, -0.1) is 0 Å². The van der Waals surface area contributed by atoms with Crippen LogP contribution in [0.3, 0.4) is 0 Å². The van der Waals surface area contributed by atoms with E-state index < -0.39 is 0 Å². The lowest BCUT2D eigenvalue weighted by Gasteiger charge is -2.34. The molecule has 28 heavy (non-hydrogen) atoms. The number of piperidine rings is 1. The van der Waals surface area contributed by atoms with Gasteiger partial charge in [-0.25, -0.2) is 4.39 Å². The normalized spacial score (nSPS) is 15.6. The number of rotatable bonds is 6. The van der Waals surface area contributed by atoms with E-state index in [4.69, 9.17) is 0 Å². The summed E-state index contributed by atoms with van der Waals surface area (Å²) >= 11 is 0. The molecule has 1 heterocycles. The SMILES string of the molecule is Cc1cccc(C(=O)N(C)CC2CCN(CCc3ccccc3F)CC2)c1C. The first kappa shape index (κ1) is 20.5. The van der Waals surface area contributed by atoms with Gasteiger partial charge in [-0.2, -0.15) is 0 Å². The summed E-state index contributed by atoms with van der Waals surface area (Å²) in [6.07, 6.45) is 2.92. The summed E-state index contributed by atoms with van der Waals surface area (Å²) in [6.45, 7) is 7.79. The Balaban J connectivity index is 1.46. The third-order valence-corrected chi connectivity index (χ3v) is 6.08. The predicted molar refractivity (Wildman–Crippen MR) is 112 cm³/mol. The van der Waals surface area contributed by atoms with Gasteiger partial charge in [-0.1, -0.05) is 30.3 Å². The zero-order valence-electron chi connectivity index (χ0n) is 17.2. The number of amides is 1. The molecular weight excluding hydrogens is 351 g/mol. The molecule has 4 heteroatoms. The molecule has 3 rings (SSSR count). The lowest BCUT2D eigenvalue weighted by atomic mass is 9.95. The fourth-order valence-electron chi connectivity index (χ4n) is 4.03. The third kappa shape index (κ3) is 4.99. The number of halogens is 1. The van der Waals surface area contributed by atoms with Crippen LogP contribution in [0.2, 0.25) is 0 Å². The second-order valence-corrected chi connectivity index (χ2v) is 8.06. The highest BCUT2D eigenvalue weighted by molar-refractivity contribution is 5.95. The van der Waals surface area contributed by atoms with E-state index >= 15 is 0 Å². The van der Waals surface area contributed by atoms with Crippen molar-refractivity contribution in [2.24, 2.45) is 5.92 Å². The average Bonchev–Trinajstić information content (AvgIpc) is 2.70. The van der Waals surface area contributed by atoms with E-state index in [-0.39, 0.29) is 11.7 Å². The molecule has 0 N–H and O–H groups in total. The Bertz CT molecular complexity index is 812. The summed E-state index contributed by atoms with van der Waals surface area (Å²) in [5, 5.41) is 0. The van der Waals surface area contributed by atoms with Gasteiger partial charge < -0.3 is 9.80 Å². The van der Waals surface area contributed by atoms with Gasteiger partial charge in [0.15, 0.2) is 0 Å². The summed E-state index contributed by atoms with van der Waals surface area (Å²) in [5.41, 5.74) is 3.83. The lowest BCUT2D eigenvalue weighted by molar-refractivity contribution is 0.0739. The first-order valence-electron chi connectivity index (χ1n) is 10.2. The number of aryl methyl sites for hydroxylation is 1. The number of carbonyl (C=O) groups is 1. The summed E-state index contributed by atoms with van der Waals surface area (Å²) in [6, 6.07) is 13.0. The van der Waals surface area contributed by atoms with Crippen molar-refractivity contribution in [3.05, 3.63) is 70.5 Å². The lowest BCUT2D eigenvalue weighted by Crippen LogP contribution is -2.40. The Hall–Kier alpha value is -2.20. The summed E-state index contributed by atoms with van der Waals surface area (Å²) in [4.78, 5) is 17.1. The average molecular weight is 383 g/mol. The first-order valence-corrected chi connectivity index (χ1v) is 10.2. The van der Waals surface area contributed by atoms with E-state index in [1.54, 1.807) is 6.07 Å². The fourth-order valence-corrected chi connectivity index (χ4v) is 4.03. The van der Waals surface area contributed by atoms with E-state index in [1.807, 2.05) is 56.1 Å². The Morgan fingerprint density at radius 1 is 1.11 bits per heavy atom. The molecule has 0 bridgehead atoms. The van der Waals surface area contributed by atoms with Crippen molar-refractivity contribution in [3.8, 4) is 0 Å². The molecule has 0 saturated carbocycles. The molecule has 0 spiro atoms. The second kappa shape index (κ2) is 9.33. The number of carbonyl (C=O) groups excluding carboxylic acids is 1. The Morgan fingerprint density at radius 2 is 1.82 bits per heavy atom. The van der Waals surface area contributed by atoms with Crippen molar-refractivity contribution >= 4 is 5.91 Å². The maximum absolute atomic E-state index is 13.8. The molecule has 1 saturated heterocycles. The molecular formula is C24H31FN2O. The van der Waals surface area contributed by atoms with E-state index in [0.717, 1.165) is 67.7 Å². The minimum absolute atomic E-state index is 0.107. The zero-order chi connectivity index (χ0) is 20.1. The van der Waals surface area contributed by atoms with Crippen LogP contribution in [0.4, 0.5) is 4.39 Å². The molecule has 0 unspecified atom stereocenters. The van der Waals surface area contributed by atoms with Crippen LogP contribution in [0.1, 0.15) is 39.9 Å². The third-order valence-electron chi connectivity index (χ3n) is 6.08. The molecule has 1 amide bonds. The predicted octanol–water partition coefficient (Wildman–Crippen LogP) is 4.47. The van der Waals surface area contributed by atoms with Gasteiger partial charge in [0.2, 0.25) is 0 Å². The molecule has 0 atom stereocenters. The van der Waals surface area contributed by atoms with Crippen LogP contribution < -0.4 is 0 Å². The molecule has 2 aromatic rings. The molecule has 3 nitrogen and oxygen atoms in total. The van der Waals surface area contributed by atoms with Gasteiger partial charge in [0, 0.05) is 25.7 Å². The Kier molecular flexibility index (Phi) is 6.84. The molecule has 1 fully saturated rings. The van der Waals surface area contributed by atoms with Crippen LogP contribution in [0.5, 0.6) is 0 Å². The molecule has 1 aliphatic rings. The van der Waals surface area contributed by atoms with E-state index in [1.165, 1.54) is 6.07 Å². The van der Waals surface area contributed by atoms with E-state index in [2.05, 4.69) is 4.90 Å². The molecule has 0 aliphatic carbocycles. The van der Waals surface area contributed by atoms with Gasteiger partial charge in [0.1, 0.15) is 5.82 Å². The fraction of sp³-hybridized carbons (Fsp3) is 0.458. The van der Waals surface area contributed by atoms with Gasteiger partial charge >= 0.3 is 0 Å². The van der Waals surface area contributed by atoms with Crippen LogP contribution in [0, 0.1) is 25.6 Å². The van der Waals surface area contributed by atoms with Gasteiger partial charge in [0.05, 0.1) is 0 Å². The first-order chi connectivity index (χ1) is 13.5. The topological polar surface area (TPSA) is 23.6 Å². The minimum Gasteiger partial charge on any atom is -0.341 e. The van der Waals surface area contributed by atoms with Crippen molar-refractivity contribution in [2.75, 3.05) is 33.2 Å². The van der Waals surface area contributed by atoms with Crippen molar-refractivity contribution in [3.63, 3.8) is 0 Å². The van der Waals surface area contributed by atoms with E-state index in [9.17, 15) is 9.18 Å². The van der Waals surface area contributed by atoms with Gasteiger partial charge in [-0.05, 0) is 80.9 Å². The summed E-state index contributed by atoms with van der Waals surface area (Å²) in [5.74, 6) is 0.538. The highest BCUT2D eigenvalue weighted by atomic mass is 19.1. The number of hydrogen-bond donors (Lipinski definition) is 0. The highest BCUT2D eigenvalue weighted by Gasteiger charge is 2.23. The number of nitrogens with zero attached hydrogens (tertiary/aromatic N) is 2. The van der Waals surface area contributed by atoms with Gasteiger partial charge in [0.25, 0.3) is 5.91 Å². The number of hydrogen-bond acceptors (Lipinski definition) is 2. The molecule has 150 valence electrons. The van der Waals surface area contributed by atoms with Crippen LogP contribution in [0.15, 0.2) is 42.5 Å². The van der Waals surface area contributed by atoms with Crippen molar-refractivity contribution < 1.29 is 9.18 Å². The quantitative estimate of drug-likeness (QED) is 0.736. The molecule has 0 aromatic heterocycles. The summed E-state index contributed by atoms with van der Waals surface area (Å²) < 4.78 is 13.8. The molecule has 1 aliphatic heterocycles. The van der Waals surface area contributed by atoms with Gasteiger partial charge in [-0.3, -0.25) is 4.79 Å². The highest BCUT2D eigenvalue weighted by Crippen LogP contribution is 2.21. The maximum Gasteiger partial charge on any atom is 0.253 e. The van der Waals surface area contributed by atoms with Crippen LogP contribution in [0.25, 0.3) is 0 Å². The van der Waals surface area contributed by atoms with Crippen molar-refractivity contribution in [1.82, 2.24) is 9.80 Å². The Labute approximate surface area is 168 Å². The minimum atomic E-state index is -0.107. The largest absolute Gasteiger partial charge is 0.341 e. The van der Waals surface area contributed by atoms with Crippen LogP contribution >= 0.6 is 0 Å². The number of benzene rings is 2. The number of likely N-dealkylation sites (tertiary alicyclic amines) is 1. The van der Waals surface area contributed by atoms with E-state index in [0.29, 0.717) is 5.92 Å². The Morgan fingerprint density at radius 3 is 2.54 bits per heavy atom. The van der Waals surface area contributed by atoms with Crippen LogP contribution in [-0.2, 0) is 6.42 Å². The standard InChI is InChI=1S/C24H31FN2O/c1-18-7-6-9-22(19(18)2)24(28)26(3)17-20-11-14-27(15-12-20)16-13-21-8-4-5-10-23(21)25/h4-10,20H,11-17H2,1-3H3. The molecule has 0 radical (unpaired) electrons. The second-order valence-electron chi connectivity index (χ2n) is 8.06.